The van der Waals surface area contributed by atoms with Crippen LogP contribution in [0.4, 0.5) is 14.9 Å². The summed E-state index contributed by atoms with van der Waals surface area (Å²) < 4.78 is 13.2. The molecule has 1 aromatic rings. The van der Waals surface area contributed by atoms with Gasteiger partial charge in [0, 0.05) is 31.9 Å². The average molecular weight is 351 g/mol. The Kier molecular flexibility index (Phi) is 6.43. The normalized spacial score (nSPS) is 16.9. The van der Waals surface area contributed by atoms with Gasteiger partial charge in [0.25, 0.3) is 0 Å². The molecule has 25 heavy (non-hydrogen) atoms. The molecule has 1 unspecified atom stereocenters. The summed E-state index contributed by atoms with van der Waals surface area (Å²) in [5.74, 6) is -1.07. The number of hydrogen-bond donors (Lipinski definition) is 3. The Labute approximate surface area is 145 Å². The predicted octanol–water partition coefficient (Wildman–Crippen LogP) is -0.0348. The molecule has 0 aliphatic carbocycles. The molecule has 8 nitrogen and oxygen atoms in total. The van der Waals surface area contributed by atoms with Gasteiger partial charge in [0.05, 0.1) is 12.6 Å². The molecular weight excluding hydrogens is 329 g/mol. The van der Waals surface area contributed by atoms with Crippen LogP contribution in [0.15, 0.2) is 24.3 Å². The van der Waals surface area contributed by atoms with Crippen molar-refractivity contribution in [1.82, 2.24) is 15.1 Å². The van der Waals surface area contributed by atoms with Crippen LogP contribution in [0.5, 0.6) is 0 Å². The van der Waals surface area contributed by atoms with Crippen molar-refractivity contribution in [1.29, 1.82) is 0 Å². The smallest absolute Gasteiger partial charge is 0.318 e. The molecule has 2 rings (SSSR count). The fourth-order valence-electron chi connectivity index (χ4n) is 2.67. The minimum Gasteiger partial charge on any atom is -0.351 e. The molecule has 0 spiro atoms. The van der Waals surface area contributed by atoms with Gasteiger partial charge in [-0.3, -0.25) is 24.7 Å². The highest BCUT2D eigenvalue weighted by molar-refractivity contribution is 5.95. The molecule has 0 aromatic heterocycles. The lowest BCUT2D eigenvalue weighted by molar-refractivity contribution is -0.124. The van der Waals surface area contributed by atoms with E-state index < -0.39 is 17.8 Å². The number of amides is 4. The topological polar surface area (TPSA) is 108 Å². The lowest BCUT2D eigenvalue weighted by Gasteiger charge is -2.37. The van der Waals surface area contributed by atoms with Crippen molar-refractivity contribution in [2.45, 2.75) is 13.0 Å². The summed E-state index contributed by atoms with van der Waals surface area (Å²) in [5, 5.41) is 4.72. The van der Waals surface area contributed by atoms with E-state index in [1.165, 1.54) is 18.2 Å². The first kappa shape index (κ1) is 18.8. The van der Waals surface area contributed by atoms with Crippen LogP contribution in [-0.2, 0) is 9.59 Å². The van der Waals surface area contributed by atoms with Gasteiger partial charge in [0.15, 0.2) is 0 Å². The number of nitrogens with two attached hydrogens (primary N) is 1. The summed E-state index contributed by atoms with van der Waals surface area (Å²) in [4.78, 5) is 38.3. The van der Waals surface area contributed by atoms with Crippen LogP contribution in [0.1, 0.15) is 6.92 Å². The van der Waals surface area contributed by atoms with E-state index in [9.17, 15) is 18.8 Å². The number of carbonyl (C=O) groups excluding carboxylic acids is 3. The summed E-state index contributed by atoms with van der Waals surface area (Å²) in [6.45, 7) is 4.24. The Hall–Kier alpha value is -2.52. The molecule has 0 radical (unpaired) electrons. The van der Waals surface area contributed by atoms with E-state index in [4.69, 9.17) is 5.73 Å². The highest BCUT2D eigenvalue weighted by Gasteiger charge is 2.26. The number of nitrogens with zero attached hydrogens (tertiary/aromatic N) is 2. The molecule has 1 aliphatic heterocycles. The lowest BCUT2D eigenvalue weighted by Crippen LogP contribution is -2.54. The fraction of sp³-hybridized carbons (Fsp3) is 0.438. The number of piperazine rings is 1. The first-order chi connectivity index (χ1) is 11.8. The number of urea groups is 1. The van der Waals surface area contributed by atoms with E-state index >= 15 is 0 Å². The number of hydrogen-bond acceptors (Lipinski definition) is 5. The molecule has 1 fully saturated rings. The third kappa shape index (κ3) is 5.80. The second-order valence-electron chi connectivity index (χ2n) is 5.90. The zero-order valence-electron chi connectivity index (χ0n) is 14.0. The number of carbonyl (C=O) groups is 3. The molecule has 4 amide bonds. The minimum atomic E-state index is -0.869. The van der Waals surface area contributed by atoms with Gasteiger partial charge in [-0.15, -0.1) is 0 Å². The van der Waals surface area contributed by atoms with Crippen LogP contribution in [0, 0.1) is 5.82 Å². The van der Waals surface area contributed by atoms with Crippen molar-refractivity contribution in [2.24, 2.45) is 5.73 Å². The molecule has 4 N–H and O–H groups in total. The van der Waals surface area contributed by atoms with Crippen molar-refractivity contribution in [3.8, 4) is 0 Å². The summed E-state index contributed by atoms with van der Waals surface area (Å²) in [7, 11) is 0. The zero-order valence-corrected chi connectivity index (χ0v) is 14.0. The van der Waals surface area contributed by atoms with Crippen molar-refractivity contribution in [3.05, 3.63) is 30.1 Å². The third-order valence-electron chi connectivity index (χ3n) is 4.06. The van der Waals surface area contributed by atoms with Crippen LogP contribution < -0.4 is 16.4 Å². The second kappa shape index (κ2) is 8.54. The molecule has 0 saturated carbocycles. The summed E-state index contributed by atoms with van der Waals surface area (Å²) in [6, 6.07) is 4.48. The monoisotopic (exact) mass is 351 g/mol. The Morgan fingerprint density at radius 1 is 1.24 bits per heavy atom. The second-order valence-corrected chi connectivity index (χ2v) is 5.90. The molecule has 1 atom stereocenters. The van der Waals surface area contributed by atoms with Crippen molar-refractivity contribution in [2.75, 3.05) is 38.0 Å². The number of imide groups is 1. The Balaban J connectivity index is 1.80. The number of rotatable bonds is 5. The molecule has 0 bridgehead atoms. The Bertz CT molecular complexity index is 646. The zero-order chi connectivity index (χ0) is 18.4. The number of anilines is 1. The molecule has 1 saturated heterocycles. The van der Waals surface area contributed by atoms with Gasteiger partial charge in [-0.25, -0.2) is 9.18 Å². The highest BCUT2D eigenvalue weighted by Crippen LogP contribution is 2.12. The van der Waals surface area contributed by atoms with Gasteiger partial charge in [0.1, 0.15) is 5.82 Å². The molecule has 1 aliphatic rings. The summed E-state index contributed by atoms with van der Waals surface area (Å²) in [5.41, 5.74) is 5.32. The Morgan fingerprint density at radius 3 is 2.52 bits per heavy atom. The predicted molar refractivity (Wildman–Crippen MR) is 90.2 cm³/mol. The summed E-state index contributed by atoms with van der Waals surface area (Å²) >= 11 is 0. The van der Waals surface area contributed by atoms with E-state index in [0.29, 0.717) is 31.9 Å². The molecule has 136 valence electrons. The van der Waals surface area contributed by atoms with Crippen LogP contribution in [0.25, 0.3) is 0 Å². The molecule has 1 aromatic carbocycles. The first-order valence-corrected chi connectivity index (χ1v) is 7.97. The van der Waals surface area contributed by atoms with Gasteiger partial charge < -0.3 is 11.1 Å². The first-order valence-electron chi connectivity index (χ1n) is 7.97. The van der Waals surface area contributed by atoms with Crippen molar-refractivity contribution < 1.29 is 18.8 Å². The van der Waals surface area contributed by atoms with E-state index in [0.717, 1.165) is 0 Å². The van der Waals surface area contributed by atoms with Crippen LogP contribution in [0.3, 0.4) is 0 Å². The quantitative estimate of drug-likeness (QED) is 0.690. The Morgan fingerprint density at radius 2 is 1.92 bits per heavy atom. The van der Waals surface area contributed by atoms with Gasteiger partial charge in [-0.1, -0.05) is 6.07 Å². The van der Waals surface area contributed by atoms with Crippen LogP contribution >= 0.6 is 0 Å². The fourth-order valence-corrected chi connectivity index (χ4v) is 2.67. The molecule has 9 heteroatoms. The van der Waals surface area contributed by atoms with Crippen molar-refractivity contribution in [3.63, 3.8) is 0 Å². The molecular formula is C16H22FN5O3. The average Bonchev–Trinajstić information content (AvgIpc) is 2.54. The lowest BCUT2D eigenvalue weighted by atomic mass is 10.2. The minimum absolute atomic E-state index is 0.0840. The maximum Gasteiger partial charge on any atom is 0.318 e. The van der Waals surface area contributed by atoms with Gasteiger partial charge in [-0.2, -0.15) is 0 Å². The van der Waals surface area contributed by atoms with E-state index in [-0.39, 0.29) is 18.5 Å². The summed E-state index contributed by atoms with van der Waals surface area (Å²) in [6.07, 6.45) is 0. The highest BCUT2D eigenvalue weighted by atomic mass is 19.1. The maximum atomic E-state index is 13.2. The number of nitrogens with one attached hydrogen (secondary N) is 2. The number of benzene rings is 1. The van der Waals surface area contributed by atoms with Crippen LogP contribution in [-0.4, -0.2) is 66.4 Å². The van der Waals surface area contributed by atoms with E-state index in [1.54, 1.807) is 13.0 Å². The standard InChI is InChI=1S/C16H22FN5O3/c1-11(15(24)19-13-4-2-3-12(17)9-13)22-7-5-21(6-8-22)10-14(23)20-16(18)25/h2-4,9,11H,5-8,10H2,1H3,(H,19,24)(H3,18,20,23,25). The maximum absolute atomic E-state index is 13.2. The number of primary amides is 1. The third-order valence-corrected chi connectivity index (χ3v) is 4.06. The van der Waals surface area contributed by atoms with Gasteiger partial charge >= 0.3 is 6.03 Å². The van der Waals surface area contributed by atoms with Crippen molar-refractivity contribution >= 4 is 23.5 Å². The van der Waals surface area contributed by atoms with Gasteiger partial charge in [0.2, 0.25) is 11.8 Å². The number of halogens is 1. The largest absolute Gasteiger partial charge is 0.351 e. The van der Waals surface area contributed by atoms with E-state index in [1.807, 2.05) is 15.1 Å². The van der Waals surface area contributed by atoms with E-state index in [2.05, 4.69) is 5.32 Å². The SMILES string of the molecule is CC(C(=O)Nc1cccc(F)c1)N1CCN(CC(=O)NC(N)=O)CC1. The molecule has 1 heterocycles. The van der Waals surface area contributed by atoms with Gasteiger partial charge in [-0.05, 0) is 25.1 Å². The van der Waals surface area contributed by atoms with Crippen LogP contribution in [0.2, 0.25) is 0 Å².